The minimum absolute atomic E-state index is 0.0290. The molecule has 0 spiro atoms. The Morgan fingerprint density at radius 2 is 1.90 bits per heavy atom. The fraction of sp³-hybridized carbons (Fsp3) is 0.375. The predicted molar refractivity (Wildman–Crippen MR) is 118 cm³/mol. The Labute approximate surface area is 176 Å². The molecule has 1 fully saturated rings. The molecule has 1 saturated carbocycles. The molecule has 1 amide bonds. The standard InChI is InChI=1S/C24H28N4O2/c1-2-21(16-6-4-3-5-7-16)27-23(30)17-8-9-18-15-25-24(28-22(18)14-17)26-19-10-12-20(29)13-11-19/h3-9,14-15,19-21,29H,2,10-13H2,1H3,(H,27,30)(H,25,26,28)/t19?,20?,21-/m1/s1. The molecule has 3 aromatic rings. The molecule has 0 aliphatic heterocycles. The van der Waals surface area contributed by atoms with E-state index in [0.717, 1.165) is 48.6 Å². The van der Waals surface area contributed by atoms with E-state index in [9.17, 15) is 9.90 Å². The molecule has 3 N–H and O–H groups in total. The maximum atomic E-state index is 12.9. The zero-order valence-corrected chi connectivity index (χ0v) is 17.2. The summed E-state index contributed by atoms with van der Waals surface area (Å²) in [5.74, 6) is 0.458. The summed E-state index contributed by atoms with van der Waals surface area (Å²) >= 11 is 0. The van der Waals surface area contributed by atoms with E-state index in [0.29, 0.717) is 11.5 Å². The molecule has 1 aliphatic rings. The number of hydrogen-bond acceptors (Lipinski definition) is 5. The van der Waals surface area contributed by atoms with Crippen molar-refractivity contribution in [1.82, 2.24) is 15.3 Å². The van der Waals surface area contributed by atoms with Gasteiger partial charge in [0.15, 0.2) is 0 Å². The third-order valence-corrected chi connectivity index (χ3v) is 5.79. The summed E-state index contributed by atoms with van der Waals surface area (Å²) in [6, 6.07) is 15.8. The molecule has 1 atom stereocenters. The molecule has 0 radical (unpaired) electrons. The lowest BCUT2D eigenvalue weighted by Crippen LogP contribution is -2.29. The summed E-state index contributed by atoms with van der Waals surface area (Å²) in [5.41, 5.74) is 2.42. The van der Waals surface area contributed by atoms with Gasteiger partial charge in [-0.25, -0.2) is 9.97 Å². The van der Waals surface area contributed by atoms with E-state index in [-0.39, 0.29) is 24.1 Å². The number of nitrogens with one attached hydrogen (secondary N) is 2. The number of anilines is 1. The van der Waals surface area contributed by atoms with Crippen molar-refractivity contribution in [2.24, 2.45) is 0 Å². The van der Waals surface area contributed by atoms with E-state index in [1.807, 2.05) is 48.5 Å². The lowest BCUT2D eigenvalue weighted by Gasteiger charge is -2.26. The summed E-state index contributed by atoms with van der Waals surface area (Å²) in [6.45, 7) is 2.06. The summed E-state index contributed by atoms with van der Waals surface area (Å²) in [7, 11) is 0. The minimum Gasteiger partial charge on any atom is -0.393 e. The summed E-state index contributed by atoms with van der Waals surface area (Å²) in [4.78, 5) is 21.9. The Kier molecular flexibility index (Phi) is 6.23. The molecule has 0 bridgehead atoms. The van der Waals surface area contributed by atoms with Crippen LogP contribution in [-0.4, -0.2) is 33.1 Å². The molecular weight excluding hydrogens is 376 g/mol. The van der Waals surface area contributed by atoms with Gasteiger partial charge >= 0.3 is 0 Å². The molecule has 0 saturated heterocycles. The number of fused-ring (bicyclic) bond motifs is 1. The van der Waals surface area contributed by atoms with Crippen molar-refractivity contribution in [2.75, 3.05) is 5.32 Å². The maximum absolute atomic E-state index is 12.9. The number of aliphatic hydroxyl groups is 1. The van der Waals surface area contributed by atoms with Crippen molar-refractivity contribution in [2.45, 2.75) is 57.2 Å². The van der Waals surface area contributed by atoms with Gasteiger partial charge in [-0.1, -0.05) is 43.3 Å². The molecule has 4 rings (SSSR count). The smallest absolute Gasteiger partial charge is 0.251 e. The fourth-order valence-corrected chi connectivity index (χ4v) is 3.98. The summed E-state index contributed by atoms with van der Waals surface area (Å²) in [5, 5.41) is 17.1. The SMILES string of the molecule is CC[C@@H](NC(=O)c1ccc2cnc(NC3CCC(O)CC3)nc2c1)c1ccccc1. The van der Waals surface area contributed by atoms with Crippen molar-refractivity contribution >= 4 is 22.8 Å². The molecule has 1 aromatic heterocycles. The number of amides is 1. The van der Waals surface area contributed by atoms with Crippen LogP contribution in [0.1, 0.15) is 61.0 Å². The number of aliphatic hydroxyl groups excluding tert-OH is 1. The van der Waals surface area contributed by atoms with E-state index in [1.165, 1.54) is 0 Å². The first-order valence-electron chi connectivity index (χ1n) is 10.7. The van der Waals surface area contributed by atoms with Gasteiger partial charge in [-0.3, -0.25) is 4.79 Å². The third kappa shape index (κ3) is 4.76. The number of carbonyl (C=O) groups excluding carboxylic acids is 1. The average Bonchev–Trinajstić information content (AvgIpc) is 2.79. The highest BCUT2D eigenvalue weighted by Crippen LogP contribution is 2.22. The van der Waals surface area contributed by atoms with Crippen molar-refractivity contribution in [3.8, 4) is 0 Å². The number of rotatable bonds is 6. The average molecular weight is 405 g/mol. The molecule has 1 aliphatic carbocycles. The van der Waals surface area contributed by atoms with Gasteiger partial charge in [0.05, 0.1) is 17.7 Å². The third-order valence-electron chi connectivity index (χ3n) is 5.79. The molecule has 30 heavy (non-hydrogen) atoms. The second-order valence-electron chi connectivity index (χ2n) is 7.96. The highest BCUT2D eigenvalue weighted by molar-refractivity contribution is 5.98. The van der Waals surface area contributed by atoms with Crippen molar-refractivity contribution in [1.29, 1.82) is 0 Å². The highest BCUT2D eigenvalue weighted by Gasteiger charge is 2.20. The van der Waals surface area contributed by atoms with Gasteiger partial charge < -0.3 is 15.7 Å². The lowest BCUT2D eigenvalue weighted by atomic mass is 9.93. The molecule has 1 heterocycles. The first-order chi connectivity index (χ1) is 14.6. The van der Waals surface area contributed by atoms with E-state index < -0.39 is 0 Å². The van der Waals surface area contributed by atoms with E-state index >= 15 is 0 Å². The van der Waals surface area contributed by atoms with Gasteiger partial charge in [-0.2, -0.15) is 0 Å². The van der Waals surface area contributed by atoms with Crippen LogP contribution >= 0.6 is 0 Å². The second kappa shape index (κ2) is 9.22. The van der Waals surface area contributed by atoms with Crippen LogP contribution in [0.3, 0.4) is 0 Å². The number of hydrogen-bond donors (Lipinski definition) is 3. The number of aromatic nitrogens is 2. The quantitative estimate of drug-likeness (QED) is 0.572. The molecule has 0 unspecified atom stereocenters. The summed E-state index contributed by atoms with van der Waals surface area (Å²) < 4.78 is 0. The Bertz CT molecular complexity index is 1000. The predicted octanol–water partition coefficient (Wildman–Crippen LogP) is 4.23. The monoisotopic (exact) mass is 404 g/mol. The lowest BCUT2D eigenvalue weighted by molar-refractivity contribution is 0.0935. The van der Waals surface area contributed by atoms with Gasteiger partial charge in [0, 0.05) is 23.2 Å². The second-order valence-corrected chi connectivity index (χ2v) is 7.96. The zero-order valence-electron chi connectivity index (χ0n) is 17.2. The van der Waals surface area contributed by atoms with Crippen LogP contribution in [0.25, 0.3) is 10.9 Å². The molecule has 6 nitrogen and oxygen atoms in total. The summed E-state index contributed by atoms with van der Waals surface area (Å²) in [6.07, 6.45) is 5.82. The fourth-order valence-electron chi connectivity index (χ4n) is 3.98. The van der Waals surface area contributed by atoms with Crippen molar-refractivity contribution < 1.29 is 9.90 Å². The number of carbonyl (C=O) groups is 1. The van der Waals surface area contributed by atoms with E-state index in [2.05, 4.69) is 27.5 Å². The number of benzene rings is 2. The van der Waals surface area contributed by atoms with Gasteiger partial charge in [0.2, 0.25) is 5.95 Å². The van der Waals surface area contributed by atoms with Gasteiger partial charge in [0.25, 0.3) is 5.91 Å². The Hall–Kier alpha value is -2.99. The minimum atomic E-state index is -0.190. The van der Waals surface area contributed by atoms with Gasteiger partial charge in [-0.15, -0.1) is 0 Å². The van der Waals surface area contributed by atoms with Crippen LogP contribution in [0, 0.1) is 0 Å². The van der Waals surface area contributed by atoms with Crippen LogP contribution in [0.15, 0.2) is 54.7 Å². The molecule has 6 heteroatoms. The van der Waals surface area contributed by atoms with Crippen LogP contribution < -0.4 is 10.6 Å². The van der Waals surface area contributed by atoms with Crippen LogP contribution in [0.4, 0.5) is 5.95 Å². The van der Waals surface area contributed by atoms with E-state index in [1.54, 1.807) is 6.20 Å². The van der Waals surface area contributed by atoms with Crippen LogP contribution in [0.5, 0.6) is 0 Å². The Morgan fingerprint density at radius 3 is 2.63 bits per heavy atom. The first kappa shape index (κ1) is 20.3. The van der Waals surface area contributed by atoms with Crippen molar-refractivity contribution in [3.63, 3.8) is 0 Å². The van der Waals surface area contributed by atoms with Crippen molar-refractivity contribution in [3.05, 3.63) is 65.9 Å². The van der Waals surface area contributed by atoms with Gasteiger partial charge in [-0.05, 0) is 49.8 Å². The topological polar surface area (TPSA) is 87.1 Å². The first-order valence-corrected chi connectivity index (χ1v) is 10.7. The maximum Gasteiger partial charge on any atom is 0.251 e. The molecule has 2 aromatic carbocycles. The highest BCUT2D eigenvalue weighted by atomic mass is 16.3. The Balaban J connectivity index is 1.49. The largest absolute Gasteiger partial charge is 0.393 e. The Morgan fingerprint density at radius 1 is 1.13 bits per heavy atom. The normalized spacial score (nSPS) is 19.9. The van der Waals surface area contributed by atoms with Gasteiger partial charge in [0.1, 0.15) is 0 Å². The van der Waals surface area contributed by atoms with E-state index in [4.69, 9.17) is 0 Å². The zero-order chi connectivity index (χ0) is 20.9. The molecule has 156 valence electrons. The van der Waals surface area contributed by atoms with Crippen LogP contribution in [-0.2, 0) is 0 Å². The number of nitrogens with zero attached hydrogens (tertiary/aromatic N) is 2. The van der Waals surface area contributed by atoms with Crippen LogP contribution in [0.2, 0.25) is 0 Å². The molecular formula is C24H28N4O2.